The number of hydrogen-bond acceptors (Lipinski definition) is 4. The van der Waals surface area contributed by atoms with Gasteiger partial charge in [0.2, 0.25) is 10.0 Å². The highest BCUT2D eigenvalue weighted by molar-refractivity contribution is 7.89. The molecular formula is C14H21NO5S. The van der Waals surface area contributed by atoms with E-state index in [9.17, 15) is 18.3 Å². The largest absolute Gasteiger partial charge is 0.478 e. The Kier molecular flexibility index (Phi) is 5.88. The lowest BCUT2D eigenvalue weighted by Crippen LogP contribution is -2.39. The molecule has 1 rings (SSSR count). The molecule has 0 aliphatic rings. The van der Waals surface area contributed by atoms with Gasteiger partial charge in [-0.3, -0.25) is 0 Å². The van der Waals surface area contributed by atoms with E-state index in [1.54, 1.807) is 13.8 Å². The number of aromatic carboxylic acids is 1. The fourth-order valence-corrected chi connectivity index (χ4v) is 3.77. The second-order valence-electron chi connectivity index (χ2n) is 4.91. The summed E-state index contributed by atoms with van der Waals surface area (Å²) in [6.07, 6.45) is 0.506. The van der Waals surface area contributed by atoms with Gasteiger partial charge < -0.3 is 10.2 Å². The van der Waals surface area contributed by atoms with Gasteiger partial charge in [0.05, 0.1) is 17.1 Å². The van der Waals surface area contributed by atoms with Gasteiger partial charge in [0.25, 0.3) is 0 Å². The number of aliphatic hydroxyl groups excluding tert-OH is 1. The van der Waals surface area contributed by atoms with Crippen LogP contribution in [0.5, 0.6) is 0 Å². The van der Waals surface area contributed by atoms with Crippen LogP contribution in [0.1, 0.15) is 36.7 Å². The van der Waals surface area contributed by atoms with E-state index in [-0.39, 0.29) is 29.7 Å². The Hall–Kier alpha value is -1.44. The molecule has 0 aliphatic carbocycles. The van der Waals surface area contributed by atoms with E-state index >= 15 is 0 Å². The lowest BCUT2D eigenvalue weighted by molar-refractivity contribution is 0.0695. The molecular weight excluding hydrogens is 294 g/mol. The Morgan fingerprint density at radius 2 is 1.95 bits per heavy atom. The maximum Gasteiger partial charge on any atom is 0.336 e. The number of aryl methyl sites for hydroxylation is 1. The molecule has 0 radical (unpaired) electrons. The zero-order valence-corrected chi connectivity index (χ0v) is 13.2. The third-order valence-electron chi connectivity index (χ3n) is 3.20. The third kappa shape index (κ3) is 3.81. The second-order valence-corrected chi connectivity index (χ2v) is 6.80. The van der Waals surface area contributed by atoms with E-state index in [4.69, 9.17) is 5.11 Å². The second kappa shape index (κ2) is 7.02. The molecule has 21 heavy (non-hydrogen) atoms. The fraction of sp³-hybridized carbons (Fsp3) is 0.500. The van der Waals surface area contributed by atoms with Gasteiger partial charge in [0.1, 0.15) is 0 Å². The van der Waals surface area contributed by atoms with Gasteiger partial charge in [0, 0.05) is 12.6 Å². The molecule has 2 N–H and O–H groups in total. The predicted molar refractivity (Wildman–Crippen MR) is 78.9 cm³/mol. The van der Waals surface area contributed by atoms with Crippen molar-refractivity contribution < 1.29 is 23.4 Å². The van der Waals surface area contributed by atoms with Crippen LogP contribution in [-0.4, -0.2) is 48.1 Å². The van der Waals surface area contributed by atoms with E-state index in [1.807, 2.05) is 6.92 Å². The van der Waals surface area contributed by atoms with Crippen molar-refractivity contribution in [3.8, 4) is 0 Å². The van der Waals surface area contributed by atoms with Gasteiger partial charge in [-0.05, 0) is 38.0 Å². The standard InChI is InChI=1S/C14H21NO5S/c1-4-11-5-6-12(9-13(11)14(17)18)21(19,20)15(7-8-16)10(2)3/h5-6,9-10,16H,4,7-8H2,1-3H3,(H,17,18). The van der Waals surface area contributed by atoms with Crippen molar-refractivity contribution in [1.82, 2.24) is 4.31 Å². The van der Waals surface area contributed by atoms with Crippen LogP contribution >= 0.6 is 0 Å². The Bertz CT molecular complexity index is 610. The minimum Gasteiger partial charge on any atom is -0.478 e. The molecule has 0 aromatic heterocycles. The average molecular weight is 315 g/mol. The highest BCUT2D eigenvalue weighted by Gasteiger charge is 2.27. The van der Waals surface area contributed by atoms with Crippen LogP contribution in [-0.2, 0) is 16.4 Å². The van der Waals surface area contributed by atoms with Crippen LogP contribution in [0, 0.1) is 0 Å². The predicted octanol–water partition coefficient (Wildman–Crippen LogP) is 1.34. The summed E-state index contributed by atoms with van der Waals surface area (Å²) in [6, 6.07) is 3.78. The fourth-order valence-electron chi connectivity index (χ4n) is 2.11. The van der Waals surface area contributed by atoms with Crippen LogP contribution in [0.15, 0.2) is 23.1 Å². The average Bonchev–Trinajstić information content (AvgIpc) is 2.43. The number of benzene rings is 1. The first-order valence-corrected chi connectivity index (χ1v) is 8.18. The third-order valence-corrected chi connectivity index (χ3v) is 5.27. The summed E-state index contributed by atoms with van der Waals surface area (Å²) in [5, 5.41) is 18.2. The van der Waals surface area contributed by atoms with Crippen molar-refractivity contribution in [3.05, 3.63) is 29.3 Å². The zero-order chi connectivity index (χ0) is 16.2. The maximum atomic E-state index is 12.6. The van der Waals surface area contributed by atoms with Crippen LogP contribution in [0.4, 0.5) is 0 Å². The molecule has 0 unspecified atom stereocenters. The number of carboxylic acid groups (broad SMARTS) is 1. The first-order chi connectivity index (χ1) is 9.75. The molecule has 1 aromatic rings. The van der Waals surface area contributed by atoms with E-state index in [2.05, 4.69) is 0 Å². The summed E-state index contributed by atoms with van der Waals surface area (Å²) < 4.78 is 26.3. The molecule has 0 heterocycles. The van der Waals surface area contributed by atoms with Crippen molar-refractivity contribution in [2.45, 2.75) is 38.1 Å². The van der Waals surface area contributed by atoms with Crippen molar-refractivity contribution in [2.24, 2.45) is 0 Å². The Labute approximate surface area is 125 Å². The van der Waals surface area contributed by atoms with Crippen LogP contribution in [0.25, 0.3) is 0 Å². The Balaban J connectivity index is 3.37. The smallest absolute Gasteiger partial charge is 0.336 e. The number of aliphatic hydroxyl groups is 1. The lowest BCUT2D eigenvalue weighted by Gasteiger charge is -2.25. The van der Waals surface area contributed by atoms with Gasteiger partial charge in [0.15, 0.2) is 0 Å². The summed E-state index contributed by atoms with van der Waals surface area (Å²) in [5.74, 6) is -1.15. The van der Waals surface area contributed by atoms with Crippen LogP contribution in [0.2, 0.25) is 0 Å². The number of carbonyl (C=O) groups is 1. The van der Waals surface area contributed by atoms with Crippen molar-refractivity contribution >= 4 is 16.0 Å². The number of rotatable bonds is 7. The molecule has 0 saturated carbocycles. The topological polar surface area (TPSA) is 94.9 Å². The van der Waals surface area contributed by atoms with Gasteiger partial charge in [-0.1, -0.05) is 13.0 Å². The number of hydrogen-bond donors (Lipinski definition) is 2. The molecule has 0 atom stereocenters. The monoisotopic (exact) mass is 315 g/mol. The summed E-state index contributed by atoms with van der Waals surface area (Å²) >= 11 is 0. The molecule has 0 spiro atoms. The molecule has 7 heteroatoms. The summed E-state index contributed by atoms with van der Waals surface area (Å²) in [5.41, 5.74) is 0.575. The van der Waals surface area contributed by atoms with Crippen LogP contribution in [0.3, 0.4) is 0 Å². The summed E-state index contributed by atoms with van der Waals surface area (Å²) in [6.45, 7) is 4.88. The highest BCUT2D eigenvalue weighted by Crippen LogP contribution is 2.22. The van der Waals surface area contributed by atoms with E-state index in [0.717, 1.165) is 4.31 Å². The first-order valence-electron chi connectivity index (χ1n) is 6.74. The van der Waals surface area contributed by atoms with Crippen molar-refractivity contribution in [2.75, 3.05) is 13.2 Å². The minimum absolute atomic E-state index is 0.00807. The van der Waals surface area contributed by atoms with Crippen molar-refractivity contribution in [3.63, 3.8) is 0 Å². The Morgan fingerprint density at radius 1 is 1.33 bits per heavy atom. The van der Waals surface area contributed by atoms with Gasteiger partial charge in [-0.15, -0.1) is 0 Å². The van der Waals surface area contributed by atoms with E-state index in [0.29, 0.717) is 12.0 Å². The molecule has 0 bridgehead atoms. The number of nitrogens with zero attached hydrogens (tertiary/aromatic N) is 1. The summed E-state index contributed by atoms with van der Waals surface area (Å²) in [4.78, 5) is 11.2. The minimum atomic E-state index is -3.83. The normalized spacial score (nSPS) is 12.1. The highest BCUT2D eigenvalue weighted by atomic mass is 32.2. The Morgan fingerprint density at radius 3 is 2.38 bits per heavy atom. The van der Waals surface area contributed by atoms with Gasteiger partial charge in [-0.25, -0.2) is 13.2 Å². The molecule has 6 nitrogen and oxygen atoms in total. The zero-order valence-electron chi connectivity index (χ0n) is 12.4. The number of sulfonamides is 1. The van der Waals surface area contributed by atoms with E-state index in [1.165, 1.54) is 18.2 Å². The van der Waals surface area contributed by atoms with Gasteiger partial charge in [-0.2, -0.15) is 4.31 Å². The summed E-state index contributed by atoms with van der Waals surface area (Å²) in [7, 11) is -3.83. The molecule has 0 saturated heterocycles. The quantitative estimate of drug-likeness (QED) is 0.791. The first kappa shape index (κ1) is 17.6. The van der Waals surface area contributed by atoms with Crippen molar-refractivity contribution in [1.29, 1.82) is 0 Å². The lowest BCUT2D eigenvalue weighted by atomic mass is 10.1. The van der Waals surface area contributed by atoms with Gasteiger partial charge >= 0.3 is 5.97 Å². The maximum absolute atomic E-state index is 12.6. The molecule has 0 fully saturated rings. The van der Waals surface area contributed by atoms with E-state index < -0.39 is 16.0 Å². The molecule has 0 aliphatic heterocycles. The molecule has 0 amide bonds. The SMILES string of the molecule is CCc1ccc(S(=O)(=O)N(CCO)C(C)C)cc1C(=O)O. The molecule has 1 aromatic carbocycles. The molecule has 118 valence electrons. The van der Waals surface area contributed by atoms with Crippen LogP contribution < -0.4 is 0 Å². The number of carboxylic acids is 1.